The van der Waals surface area contributed by atoms with Gasteiger partial charge in [-0.15, -0.1) is 0 Å². The molecule has 3 aromatic rings. The van der Waals surface area contributed by atoms with E-state index in [1.807, 2.05) is 37.3 Å². The highest BCUT2D eigenvalue weighted by Gasteiger charge is 2.07. The first kappa shape index (κ1) is 20.3. The summed E-state index contributed by atoms with van der Waals surface area (Å²) in [6.45, 7) is 3.63. The summed E-state index contributed by atoms with van der Waals surface area (Å²) < 4.78 is 18.9. The van der Waals surface area contributed by atoms with Crippen molar-refractivity contribution in [3.05, 3.63) is 65.7 Å². The molecule has 29 heavy (non-hydrogen) atoms. The lowest BCUT2D eigenvalue weighted by molar-refractivity contribution is 0.415. The molecule has 0 radical (unpaired) electrons. The summed E-state index contributed by atoms with van der Waals surface area (Å²) in [4.78, 5) is 9.01. The van der Waals surface area contributed by atoms with Gasteiger partial charge >= 0.3 is 0 Å². The second kappa shape index (κ2) is 10.2. The van der Waals surface area contributed by atoms with Crippen LogP contribution < -0.4 is 15.4 Å². The number of aromatic nitrogens is 3. The third-order valence-corrected chi connectivity index (χ3v) is 4.26. The lowest BCUT2D eigenvalue weighted by atomic mass is 10.1. The Morgan fingerprint density at radius 1 is 1.14 bits per heavy atom. The molecule has 0 bridgehead atoms. The normalized spacial score (nSPS) is 11.3. The van der Waals surface area contributed by atoms with Crippen LogP contribution in [0.5, 0.6) is 5.75 Å². The van der Waals surface area contributed by atoms with Crippen molar-refractivity contribution < 1.29 is 9.13 Å². The summed E-state index contributed by atoms with van der Waals surface area (Å²) in [6, 6.07) is 14.3. The molecule has 3 N–H and O–H groups in total. The van der Waals surface area contributed by atoms with Crippen LogP contribution in [0.15, 0.2) is 53.5 Å². The van der Waals surface area contributed by atoms with Gasteiger partial charge in [-0.05, 0) is 49.2 Å². The monoisotopic (exact) mass is 396 g/mol. The van der Waals surface area contributed by atoms with Crippen molar-refractivity contribution in [1.82, 2.24) is 25.8 Å². The van der Waals surface area contributed by atoms with Gasteiger partial charge in [0.15, 0.2) is 11.8 Å². The molecule has 1 heterocycles. The van der Waals surface area contributed by atoms with Gasteiger partial charge in [-0.25, -0.2) is 14.4 Å². The number of aromatic amines is 1. The summed E-state index contributed by atoms with van der Waals surface area (Å²) >= 11 is 0. The Labute approximate surface area is 169 Å². The Morgan fingerprint density at radius 3 is 2.66 bits per heavy atom. The van der Waals surface area contributed by atoms with Gasteiger partial charge in [-0.1, -0.05) is 18.2 Å². The van der Waals surface area contributed by atoms with E-state index in [9.17, 15) is 4.39 Å². The number of benzene rings is 2. The lowest BCUT2D eigenvalue weighted by Gasteiger charge is -2.11. The predicted molar refractivity (Wildman–Crippen MR) is 111 cm³/mol. The van der Waals surface area contributed by atoms with Crippen molar-refractivity contribution in [3.8, 4) is 17.1 Å². The van der Waals surface area contributed by atoms with E-state index in [1.54, 1.807) is 19.2 Å². The number of halogens is 1. The first-order chi connectivity index (χ1) is 14.2. The van der Waals surface area contributed by atoms with Crippen LogP contribution in [0.2, 0.25) is 0 Å². The molecule has 1 aromatic heterocycles. The molecule has 8 heteroatoms. The standard InChI is InChI=1S/C21H25FN6O/c1-3-23-21(24-13-12-15-6-4-5-7-18(15)22)25-14-19-26-20(28-27-19)16-8-10-17(29-2)11-9-16/h4-11H,3,12-14H2,1-2H3,(H2,23,24,25)(H,26,27,28). The molecular formula is C21H25FN6O. The van der Waals surface area contributed by atoms with E-state index in [0.29, 0.717) is 42.7 Å². The zero-order valence-corrected chi connectivity index (χ0v) is 16.6. The first-order valence-corrected chi connectivity index (χ1v) is 9.51. The molecule has 7 nitrogen and oxygen atoms in total. The van der Waals surface area contributed by atoms with Crippen LogP contribution in [-0.4, -0.2) is 41.3 Å². The molecule has 0 spiro atoms. The van der Waals surface area contributed by atoms with Gasteiger partial charge in [0.1, 0.15) is 23.9 Å². The number of hydrogen-bond donors (Lipinski definition) is 3. The molecule has 0 atom stereocenters. The van der Waals surface area contributed by atoms with Crippen LogP contribution in [0.25, 0.3) is 11.4 Å². The van der Waals surface area contributed by atoms with Crippen LogP contribution >= 0.6 is 0 Å². The summed E-state index contributed by atoms with van der Waals surface area (Å²) in [5.41, 5.74) is 1.57. The van der Waals surface area contributed by atoms with Gasteiger partial charge < -0.3 is 15.4 Å². The van der Waals surface area contributed by atoms with Gasteiger partial charge in [0, 0.05) is 18.7 Å². The number of aliphatic imine (C=N–C) groups is 1. The van der Waals surface area contributed by atoms with Crippen LogP contribution in [0.4, 0.5) is 4.39 Å². The van der Waals surface area contributed by atoms with Crippen molar-refractivity contribution >= 4 is 5.96 Å². The minimum Gasteiger partial charge on any atom is -0.497 e. The van der Waals surface area contributed by atoms with E-state index < -0.39 is 0 Å². The topological polar surface area (TPSA) is 87.2 Å². The highest BCUT2D eigenvalue weighted by molar-refractivity contribution is 5.79. The molecule has 0 aliphatic carbocycles. The minimum atomic E-state index is -0.191. The zero-order chi connectivity index (χ0) is 20.5. The van der Waals surface area contributed by atoms with Crippen LogP contribution in [0.1, 0.15) is 18.3 Å². The average Bonchev–Trinajstić information content (AvgIpc) is 3.22. The van der Waals surface area contributed by atoms with Crippen molar-refractivity contribution in [2.45, 2.75) is 19.9 Å². The summed E-state index contributed by atoms with van der Waals surface area (Å²) in [7, 11) is 1.63. The van der Waals surface area contributed by atoms with Crippen LogP contribution in [0, 0.1) is 5.82 Å². The van der Waals surface area contributed by atoms with Crippen LogP contribution in [0.3, 0.4) is 0 Å². The molecule has 152 valence electrons. The molecule has 0 fully saturated rings. The number of rotatable bonds is 8. The fourth-order valence-electron chi connectivity index (χ4n) is 2.75. The van der Waals surface area contributed by atoms with Gasteiger partial charge in [0.05, 0.1) is 7.11 Å². The highest BCUT2D eigenvalue weighted by atomic mass is 19.1. The Hall–Kier alpha value is -3.42. The summed E-state index contributed by atoms with van der Waals surface area (Å²) in [5, 5.41) is 13.6. The highest BCUT2D eigenvalue weighted by Crippen LogP contribution is 2.19. The molecule has 0 amide bonds. The van der Waals surface area contributed by atoms with Gasteiger partial charge in [-0.3, -0.25) is 5.10 Å². The van der Waals surface area contributed by atoms with Gasteiger partial charge in [0.2, 0.25) is 0 Å². The molecule has 0 saturated carbocycles. The second-order valence-corrected chi connectivity index (χ2v) is 6.30. The zero-order valence-electron chi connectivity index (χ0n) is 16.6. The molecule has 0 unspecified atom stereocenters. The maximum atomic E-state index is 13.7. The third kappa shape index (κ3) is 5.78. The van der Waals surface area contributed by atoms with Crippen molar-refractivity contribution in [2.75, 3.05) is 20.2 Å². The number of guanidine groups is 1. The number of nitrogens with one attached hydrogen (secondary N) is 3. The first-order valence-electron chi connectivity index (χ1n) is 9.51. The maximum Gasteiger partial charge on any atom is 0.191 e. The Bertz CT molecular complexity index is 938. The maximum absolute atomic E-state index is 13.7. The van der Waals surface area contributed by atoms with E-state index in [-0.39, 0.29) is 5.82 Å². The fourth-order valence-corrected chi connectivity index (χ4v) is 2.75. The molecule has 0 saturated heterocycles. The van der Waals surface area contributed by atoms with Gasteiger partial charge in [0.25, 0.3) is 0 Å². The number of nitrogens with zero attached hydrogens (tertiary/aromatic N) is 3. The van der Waals surface area contributed by atoms with E-state index in [4.69, 9.17) is 4.74 Å². The predicted octanol–water partition coefficient (Wildman–Crippen LogP) is 2.92. The molecule has 2 aromatic carbocycles. The molecule has 3 rings (SSSR count). The number of H-pyrrole nitrogens is 1. The van der Waals surface area contributed by atoms with E-state index >= 15 is 0 Å². The lowest BCUT2D eigenvalue weighted by Crippen LogP contribution is -2.38. The number of hydrogen-bond acceptors (Lipinski definition) is 4. The van der Waals surface area contributed by atoms with Gasteiger partial charge in [-0.2, -0.15) is 5.10 Å². The smallest absolute Gasteiger partial charge is 0.191 e. The fraction of sp³-hybridized carbons (Fsp3) is 0.286. The Balaban J connectivity index is 1.58. The number of ether oxygens (including phenoxy) is 1. The SMILES string of the molecule is CCNC(=NCc1nc(-c2ccc(OC)cc2)n[nH]1)NCCc1ccccc1F. The third-order valence-electron chi connectivity index (χ3n) is 4.26. The molecule has 0 aliphatic heterocycles. The van der Waals surface area contributed by atoms with Crippen LogP contribution in [-0.2, 0) is 13.0 Å². The molecule has 0 aliphatic rings. The average molecular weight is 396 g/mol. The Morgan fingerprint density at radius 2 is 1.93 bits per heavy atom. The number of methoxy groups -OCH3 is 1. The van der Waals surface area contributed by atoms with Crippen molar-refractivity contribution in [2.24, 2.45) is 4.99 Å². The second-order valence-electron chi connectivity index (χ2n) is 6.30. The summed E-state index contributed by atoms with van der Waals surface area (Å²) in [6.07, 6.45) is 0.570. The van der Waals surface area contributed by atoms with E-state index in [1.165, 1.54) is 6.07 Å². The molecular weight excluding hydrogens is 371 g/mol. The van der Waals surface area contributed by atoms with E-state index in [0.717, 1.165) is 17.9 Å². The van der Waals surface area contributed by atoms with E-state index in [2.05, 4.69) is 30.8 Å². The Kier molecular flexibility index (Phi) is 7.16. The van der Waals surface area contributed by atoms with Crippen molar-refractivity contribution in [3.63, 3.8) is 0 Å². The summed E-state index contributed by atoms with van der Waals surface area (Å²) in [5.74, 6) is 2.50. The minimum absolute atomic E-state index is 0.191. The quantitative estimate of drug-likeness (QED) is 0.403. The van der Waals surface area contributed by atoms with Crippen molar-refractivity contribution in [1.29, 1.82) is 0 Å². The largest absolute Gasteiger partial charge is 0.497 e.